The number of carbonyl (C=O) groups is 1. The van der Waals surface area contributed by atoms with Crippen molar-refractivity contribution in [3.63, 3.8) is 0 Å². The summed E-state index contributed by atoms with van der Waals surface area (Å²) in [5.41, 5.74) is -3.63. The Labute approximate surface area is 128 Å². The molecule has 0 radical (unpaired) electrons. The SMILES string of the molecule is COc1ccc(Cl)cc1C(=O)N1N=C(C)C[C@@]1(O)C(F)(F)F. The summed E-state index contributed by atoms with van der Waals surface area (Å²) in [6.45, 7) is 1.29. The number of nitrogens with zero attached hydrogens (tertiary/aromatic N) is 2. The van der Waals surface area contributed by atoms with Crippen LogP contribution in [0.15, 0.2) is 23.3 Å². The fraction of sp³-hybridized carbons (Fsp3) is 0.385. The van der Waals surface area contributed by atoms with E-state index in [1.807, 2.05) is 0 Å². The Morgan fingerprint density at radius 2 is 2.14 bits per heavy atom. The number of methoxy groups -OCH3 is 1. The summed E-state index contributed by atoms with van der Waals surface area (Å²) < 4.78 is 44.3. The minimum Gasteiger partial charge on any atom is -0.496 e. The molecule has 1 heterocycles. The first-order valence-corrected chi connectivity index (χ1v) is 6.49. The minimum atomic E-state index is -5.06. The lowest BCUT2D eigenvalue weighted by Gasteiger charge is -2.32. The number of benzene rings is 1. The quantitative estimate of drug-likeness (QED) is 0.903. The number of hydrazone groups is 1. The normalized spacial score (nSPS) is 21.8. The second-order valence-electron chi connectivity index (χ2n) is 4.79. The van der Waals surface area contributed by atoms with Gasteiger partial charge in [0.1, 0.15) is 5.75 Å². The van der Waals surface area contributed by atoms with Crippen LogP contribution in [0.4, 0.5) is 13.2 Å². The van der Waals surface area contributed by atoms with Gasteiger partial charge in [-0.05, 0) is 25.1 Å². The monoisotopic (exact) mass is 336 g/mol. The molecule has 0 spiro atoms. The zero-order valence-corrected chi connectivity index (χ0v) is 12.4. The van der Waals surface area contributed by atoms with Crippen molar-refractivity contribution >= 4 is 23.2 Å². The Kier molecular flexibility index (Phi) is 4.09. The molecule has 1 aliphatic heterocycles. The van der Waals surface area contributed by atoms with Crippen LogP contribution in [-0.4, -0.2) is 40.7 Å². The Morgan fingerprint density at radius 1 is 1.50 bits per heavy atom. The molecule has 1 aliphatic rings. The first-order chi connectivity index (χ1) is 10.1. The molecule has 0 fully saturated rings. The predicted molar refractivity (Wildman–Crippen MR) is 72.9 cm³/mol. The maximum atomic E-state index is 13.1. The zero-order chi connectivity index (χ0) is 16.7. The fourth-order valence-electron chi connectivity index (χ4n) is 2.12. The van der Waals surface area contributed by atoms with Crippen LogP contribution >= 0.6 is 11.6 Å². The molecule has 1 N–H and O–H groups in total. The smallest absolute Gasteiger partial charge is 0.438 e. The number of alkyl halides is 3. The van der Waals surface area contributed by atoms with E-state index in [2.05, 4.69) is 5.10 Å². The summed E-state index contributed by atoms with van der Waals surface area (Å²) >= 11 is 5.77. The number of halogens is 4. The summed E-state index contributed by atoms with van der Waals surface area (Å²) in [5, 5.41) is 13.6. The van der Waals surface area contributed by atoms with Crippen LogP contribution in [0, 0.1) is 0 Å². The van der Waals surface area contributed by atoms with Crippen molar-refractivity contribution in [1.82, 2.24) is 5.01 Å². The van der Waals surface area contributed by atoms with Crippen LogP contribution in [0.25, 0.3) is 0 Å². The number of rotatable bonds is 2. The van der Waals surface area contributed by atoms with Crippen molar-refractivity contribution in [2.24, 2.45) is 5.10 Å². The molecular formula is C13H12ClF3N2O3. The standard InChI is InChI=1S/C13H12ClF3N2O3/c1-7-6-12(21,13(15,16)17)19(18-7)11(20)9-5-8(14)3-4-10(9)22-2/h3-5,21H,6H2,1-2H3/t12-/m1/s1. The average Bonchev–Trinajstić information content (AvgIpc) is 2.74. The average molecular weight is 337 g/mol. The highest BCUT2D eigenvalue weighted by Crippen LogP contribution is 2.41. The topological polar surface area (TPSA) is 62.1 Å². The lowest BCUT2D eigenvalue weighted by molar-refractivity contribution is -0.297. The highest BCUT2D eigenvalue weighted by molar-refractivity contribution is 6.31. The van der Waals surface area contributed by atoms with E-state index in [1.54, 1.807) is 0 Å². The molecule has 120 valence electrons. The number of aliphatic hydroxyl groups is 1. The summed E-state index contributed by atoms with van der Waals surface area (Å²) in [4.78, 5) is 12.4. The van der Waals surface area contributed by atoms with Crippen molar-refractivity contribution in [1.29, 1.82) is 0 Å². The van der Waals surface area contributed by atoms with Gasteiger partial charge in [0.15, 0.2) is 0 Å². The van der Waals surface area contributed by atoms with Crippen molar-refractivity contribution in [2.75, 3.05) is 7.11 Å². The van der Waals surface area contributed by atoms with E-state index in [-0.39, 0.29) is 27.1 Å². The van der Waals surface area contributed by atoms with Crippen molar-refractivity contribution in [2.45, 2.75) is 25.2 Å². The van der Waals surface area contributed by atoms with Gasteiger partial charge in [0.25, 0.3) is 11.6 Å². The maximum absolute atomic E-state index is 13.1. The molecule has 0 saturated heterocycles. The van der Waals surface area contributed by atoms with Gasteiger partial charge in [-0.15, -0.1) is 0 Å². The van der Waals surface area contributed by atoms with Gasteiger partial charge >= 0.3 is 6.18 Å². The first kappa shape index (κ1) is 16.6. The second-order valence-corrected chi connectivity index (χ2v) is 5.22. The Hall–Kier alpha value is -1.80. The molecule has 2 rings (SSSR count). The van der Waals surface area contributed by atoms with Gasteiger partial charge in [0, 0.05) is 17.2 Å². The molecule has 0 aliphatic carbocycles. The molecule has 9 heteroatoms. The van der Waals surface area contributed by atoms with E-state index in [9.17, 15) is 23.1 Å². The Morgan fingerprint density at radius 3 is 2.68 bits per heavy atom. The summed E-state index contributed by atoms with van der Waals surface area (Å²) in [7, 11) is 1.26. The van der Waals surface area contributed by atoms with Gasteiger partial charge in [0.2, 0.25) is 0 Å². The second kappa shape index (κ2) is 5.44. The molecule has 0 bridgehead atoms. The van der Waals surface area contributed by atoms with Crippen LogP contribution in [0.2, 0.25) is 5.02 Å². The van der Waals surface area contributed by atoms with E-state index in [1.165, 1.54) is 26.2 Å². The molecule has 1 aromatic carbocycles. The third-order valence-electron chi connectivity index (χ3n) is 3.16. The Bertz CT molecular complexity index is 648. The van der Waals surface area contributed by atoms with E-state index in [0.717, 1.165) is 6.07 Å². The lowest BCUT2D eigenvalue weighted by atomic mass is 10.1. The molecule has 5 nitrogen and oxygen atoms in total. The lowest BCUT2D eigenvalue weighted by Crippen LogP contribution is -2.56. The molecule has 1 aromatic rings. The first-order valence-electron chi connectivity index (χ1n) is 6.11. The molecule has 22 heavy (non-hydrogen) atoms. The molecule has 1 amide bonds. The summed E-state index contributed by atoms with van der Waals surface area (Å²) in [6, 6.07) is 3.92. The van der Waals surface area contributed by atoms with Gasteiger partial charge in [-0.25, -0.2) is 0 Å². The van der Waals surface area contributed by atoms with Crippen LogP contribution < -0.4 is 4.74 Å². The van der Waals surface area contributed by atoms with Gasteiger partial charge in [-0.3, -0.25) is 4.79 Å². The summed E-state index contributed by atoms with van der Waals surface area (Å²) in [5.74, 6) is -1.13. The van der Waals surface area contributed by atoms with Crippen LogP contribution in [-0.2, 0) is 0 Å². The van der Waals surface area contributed by atoms with Crippen LogP contribution in [0.1, 0.15) is 23.7 Å². The maximum Gasteiger partial charge on any atom is 0.438 e. The van der Waals surface area contributed by atoms with Crippen molar-refractivity contribution in [3.05, 3.63) is 28.8 Å². The van der Waals surface area contributed by atoms with E-state index in [0.29, 0.717) is 0 Å². The van der Waals surface area contributed by atoms with E-state index >= 15 is 0 Å². The number of ether oxygens (including phenoxy) is 1. The number of hydrogen-bond acceptors (Lipinski definition) is 4. The van der Waals surface area contributed by atoms with E-state index in [4.69, 9.17) is 16.3 Å². The van der Waals surface area contributed by atoms with Gasteiger partial charge in [0.05, 0.1) is 12.7 Å². The van der Waals surface area contributed by atoms with Crippen LogP contribution in [0.3, 0.4) is 0 Å². The molecule has 0 unspecified atom stereocenters. The third-order valence-corrected chi connectivity index (χ3v) is 3.40. The Balaban J connectivity index is 2.50. The highest BCUT2D eigenvalue weighted by Gasteiger charge is 2.62. The largest absolute Gasteiger partial charge is 0.496 e. The van der Waals surface area contributed by atoms with Gasteiger partial charge < -0.3 is 9.84 Å². The fourth-order valence-corrected chi connectivity index (χ4v) is 2.29. The van der Waals surface area contributed by atoms with Gasteiger partial charge in [-0.2, -0.15) is 23.3 Å². The highest BCUT2D eigenvalue weighted by atomic mass is 35.5. The third kappa shape index (κ3) is 2.64. The predicted octanol–water partition coefficient (Wildman–Crippen LogP) is 2.82. The molecule has 0 saturated carbocycles. The van der Waals surface area contributed by atoms with Crippen LogP contribution in [0.5, 0.6) is 5.75 Å². The zero-order valence-electron chi connectivity index (χ0n) is 11.6. The number of carbonyl (C=O) groups excluding carboxylic acids is 1. The van der Waals surface area contributed by atoms with Crippen molar-refractivity contribution < 1.29 is 27.8 Å². The van der Waals surface area contributed by atoms with E-state index < -0.39 is 24.2 Å². The molecule has 1 atom stereocenters. The minimum absolute atomic E-state index is 0.0193. The number of hydrogen-bond donors (Lipinski definition) is 1. The number of amides is 1. The molecular weight excluding hydrogens is 325 g/mol. The summed E-state index contributed by atoms with van der Waals surface area (Å²) in [6.07, 6.45) is -5.87. The van der Waals surface area contributed by atoms with Gasteiger partial charge in [-0.1, -0.05) is 11.6 Å². The van der Waals surface area contributed by atoms with Crippen molar-refractivity contribution in [3.8, 4) is 5.75 Å². The molecule has 0 aromatic heterocycles.